The molecular formula is C24H30N4O2S. The first-order valence-corrected chi connectivity index (χ1v) is 12.4. The minimum Gasteiger partial charge on any atom is -0.271 e. The molecule has 1 aliphatic rings. The van der Waals surface area contributed by atoms with Gasteiger partial charge in [-0.3, -0.25) is 9.67 Å². The van der Waals surface area contributed by atoms with Gasteiger partial charge < -0.3 is 0 Å². The van der Waals surface area contributed by atoms with Gasteiger partial charge in [0.2, 0.25) is 10.0 Å². The number of pyridine rings is 1. The van der Waals surface area contributed by atoms with Gasteiger partial charge in [-0.25, -0.2) is 8.42 Å². The smallest absolute Gasteiger partial charge is 0.246 e. The van der Waals surface area contributed by atoms with Crippen molar-refractivity contribution in [2.45, 2.75) is 57.4 Å². The van der Waals surface area contributed by atoms with Crippen LogP contribution in [0.4, 0.5) is 0 Å². The van der Waals surface area contributed by atoms with Crippen molar-refractivity contribution in [2.24, 2.45) is 0 Å². The highest BCUT2D eigenvalue weighted by Gasteiger charge is 2.33. The van der Waals surface area contributed by atoms with Crippen molar-refractivity contribution < 1.29 is 8.42 Å². The molecule has 0 aliphatic carbocycles. The third-order valence-corrected chi connectivity index (χ3v) is 7.90. The summed E-state index contributed by atoms with van der Waals surface area (Å²) >= 11 is 0. The van der Waals surface area contributed by atoms with E-state index in [-0.39, 0.29) is 5.92 Å². The van der Waals surface area contributed by atoms with Gasteiger partial charge in [0.1, 0.15) is 4.90 Å². The minimum absolute atomic E-state index is 0.0967. The minimum atomic E-state index is -3.57. The molecule has 31 heavy (non-hydrogen) atoms. The zero-order valence-corrected chi connectivity index (χ0v) is 19.3. The van der Waals surface area contributed by atoms with Crippen molar-refractivity contribution in [1.82, 2.24) is 19.1 Å². The summed E-state index contributed by atoms with van der Waals surface area (Å²) in [5.41, 5.74) is 5.00. The Balaban J connectivity index is 1.57. The van der Waals surface area contributed by atoms with Crippen LogP contribution < -0.4 is 0 Å². The number of hydrogen-bond donors (Lipinski definition) is 0. The van der Waals surface area contributed by atoms with Crippen molar-refractivity contribution in [3.63, 3.8) is 0 Å². The van der Waals surface area contributed by atoms with E-state index < -0.39 is 10.0 Å². The van der Waals surface area contributed by atoms with Gasteiger partial charge in [0.15, 0.2) is 0 Å². The van der Waals surface area contributed by atoms with Crippen LogP contribution in [-0.4, -0.2) is 40.6 Å². The van der Waals surface area contributed by atoms with Crippen LogP contribution in [0.5, 0.6) is 0 Å². The Labute approximate surface area is 185 Å². The molecule has 1 aliphatic heterocycles. The number of piperidine rings is 1. The molecule has 6 nitrogen and oxygen atoms in total. The summed E-state index contributed by atoms with van der Waals surface area (Å²) in [7, 11) is -3.57. The van der Waals surface area contributed by atoms with Gasteiger partial charge in [-0.05, 0) is 63.3 Å². The summed E-state index contributed by atoms with van der Waals surface area (Å²) in [5.74, 6) is 0.0967. The SMILES string of the molecule is CCn1cc(S(=O)(=O)N2CCC[C@H](c3cc(Cc4ccccc4)cc(C)n3)C2)c(C)n1. The van der Waals surface area contributed by atoms with Gasteiger partial charge in [-0.1, -0.05) is 30.3 Å². The molecule has 1 atom stereocenters. The highest BCUT2D eigenvalue weighted by atomic mass is 32.2. The summed E-state index contributed by atoms with van der Waals surface area (Å²) in [6.45, 7) is 7.38. The van der Waals surface area contributed by atoms with Gasteiger partial charge in [-0.15, -0.1) is 0 Å². The van der Waals surface area contributed by atoms with Gasteiger partial charge in [0, 0.05) is 43.1 Å². The molecule has 0 saturated carbocycles. The third kappa shape index (κ3) is 4.72. The van der Waals surface area contributed by atoms with Crippen LogP contribution in [0, 0.1) is 13.8 Å². The van der Waals surface area contributed by atoms with Crippen molar-refractivity contribution in [3.8, 4) is 0 Å². The normalized spacial score (nSPS) is 17.7. The molecule has 164 valence electrons. The van der Waals surface area contributed by atoms with Crippen LogP contribution in [-0.2, 0) is 23.0 Å². The van der Waals surface area contributed by atoms with E-state index in [0.717, 1.165) is 30.7 Å². The number of benzene rings is 1. The van der Waals surface area contributed by atoms with Gasteiger partial charge in [0.25, 0.3) is 0 Å². The zero-order valence-electron chi connectivity index (χ0n) is 18.5. The van der Waals surface area contributed by atoms with E-state index in [1.165, 1.54) is 11.1 Å². The summed E-state index contributed by atoms with van der Waals surface area (Å²) in [6, 6.07) is 14.7. The summed E-state index contributed by atoms with van der Waals surface area (Å²) in [4.78, 5) is 5.10. The quantitative estimate of drug-likeness (QED) is 0.582. The molecule has 1 aromatic carbocycles. The lowest BCUT2D eigenvalue weighted by Crippen LogP contribution is -2.39. The zero-order chi connectivity index (χ0) is 22.0. The van der Waals surface area contributed by atoms with Crippen molar-refractivity contribution in [2.75, 3.05) is 13.1 Å². The standard InChI is InChI=1S/C24H30N4O2S/c1-4-27-17-24(19(3)26-27)31(29,30)28-12-8-11-22(16-28)23-15-21(13-18(2)25-23)14-20-9-6-5-7-10-20/h5-7,9-10,13,15,17,22H,4,8,11-12,14,16H2,1-3H3/t22-/m0/s1. The van der Waals surface area contributed by atoms with E-state index in [0.29, 0.717) is 30.2 Å². The van der Waals surface area contributed by atoms with E-state index >= 15 is 0 Å². The van der Waals surface area contributed by atoms with Gasteiger partial charge in [-0.2, -0.15) is 9.40 Å². The fraction of sp³-hybridized carbons (Fsp3) is 0.417. The Morgan fingerprint density at radius 3 is 2.58 bits per heavy atom. The molecular weight excluding hydrogens is 408 g/mol. The average Bonchev–Trinajstić information content (AvgIpc) is 3.16. The van der Waals surface area contributed by atoms with Crippen LogP contribution >= 0.6 is 0 Å². The lowest BCUT2D eigenvalue weighted by Gasteiger charge is -2.31. The van der Waals surface area contributed by atoms with Crippen LogP contribution in [0.2, 0.25) is 0 Å². The Kier molecular flexibility index (Phi) is 6.25. The second kappa shape index (κ2) is 8.93. The molecule has 1 saturated heterocycles. The molecule has 3 aromatic rings. The van der Waals surface area contributed by atoms with E-state index in [4.69, 9.17) is 4.98 Å². The number of sulfonamides is 1. The molecule has 0 unspecified atom stereocenters. The Morgan fingerprint density at radius 1 is 1.10 bits per heavy atom. The lowest BCUT2D eigenvalue weighted by molar-refractivity contribution is 0.312. The van der Waals surface area contributed by atoms with Crippen molar-refractivity contribution >= 4 is 10.0 Å². The molecule has 0 spiro atoms. The summed E-state index contributed by atoms with van der Waals surface area (Å²) in [6.07, 6.45) is 4.27. The Bertz CT molecular complexity index is 1160. The second-order valence-corrected chi connectivity index (χ2v) is 10.2. The number of aromatic nitrogens is 3. The molecule has 0 amide bonds. The number of rotatable bonds is 6. The highest BCUT2D eigenvalue weighted by molar-refractivity contribution is 7.89. The van der Waals surface area contributed by atoms with Crippen LogP contribution in [0.15, 0.2) is 53.6 Å². The molecule has 3 heterocycles. The van der Waals surface area contributed by atoms with E-state index in [1.807, 2.05) is 19.9 Å². The maximum Gasteiger partial charge on any atom is 0.246 e. The van der Waals surface area contributed by atoms with Gasteiger partial charge >= 0.3 is 0 Å². The van der Waals surface area contributed by atoms with Crippen molar-refractivity contribution in [1.29, 1.82) is 0 Å². The summed E-state index contributed by atoms with van der Waals surface area (Å²) in [5, 5.41) is 4.33. The van der Waals surface area contributed by atoms with Crippen LogP contribution in [0.1, 0.15) is 53.9 Å². The third-order valence-electron chi connectivity index (χ3n) is 5.93. The number of aryl methyl sites for hydroxylation is 3. The first kappa shape index (κ1) is 21.7. The number of nitrogens with zero attached hydrogens (tertiary/aromatic N) is 4. The topological polar surface area (TPSA) is 68.1 Å². The second-order valence-electron chi connectivity index (χ2n) is 8.34. The fourth-order valence-electron chi connectivity index (χ4n) is 4.37. The van der Waals surface area contributed by atoms with Crippen LogP contribution in [0.3, 0.4) is 0 Å². The van der Waals surface area contributed by atoms with Gasteiger partial charge in [0.05, 0.1) is 5.69 Å². The Morgan fingerprint density at radius 2 is 1.87 bits per heavy atom. The predicted octanol–water partition coefficient (Wildman–Crippen LogP) is 4.07. The maximum absolute atomic E-state index is 13.3. The largest absolute Gasteiger partial charge is 0.271 e. The van der Waals surface area contributed by atoms with Crippen LogP contribution in [0.25, 0.3) is 0 Å². The van der Waals surface area contributed by atoms with E-state index in [2.05, 4.69) is 41.5 Å². The molecule has 0 bridgehead atoms. The molecule has 1 fully saturated rings. The average molecular weight is 439 g/mol. The van der Waals surface area contributed by atoms with Crippen molar-refractivity contribution in [3.05, 3.63) is 76.9 Å². The first-order chi connectivity index (χ1) is 14.9. The monoisotopic (exact) mass is 438 g/mol. The maximum atomic E-state index is 13.3. The van der Waals surface area contributed by atoms with E-state index in [1.54, 1.807) is 22.1 Å². The molecule has 4 rings (SSSR count). The molecule has 0 N–H and O–H groups in total. The first-order valence-electron chi connectivity index (χ1n) is 10.9. The highest BCUT2D eigenvalue weighted by Crippen LogP contribution is 2.31. The van der Waals surface area contributed by atoms with E-state index in [9.17, 15) is 8.42 Å². The summed E-state index contributed by atoms with van der Waals surface area (Å²) < 4.78 is 30.0. The number of hydrogen-bond acceptors (Lipinski definition) is 4. The fourth-order valence-corrected chi connectivity index (χ4v) is 6.06. The Hall–Kier alpha value is -2.51. The predicted molar refractivity (Wildman–Crippen MR) is 122 cm³/mol. The lowest BCUT2D eigenvalue weighted by atomic mass is 9.93. The molecule has 7 heteroatoms. The molecule has 0 radical (unpaired) electrons. The molecule has 2 aromatic heterocycles.